The van der Waals surface area contributed by atoms with Crippen LogP contribution in [0.5, 0.6) is 0 Å². The van der Waals surface area contributed by atoms with Gasteiger partial charge < -0.3 is 0 Å². The highest BCUT2D eigenvalue weighted by atomic mass is 32.1. The molecular formula is C5H17BS. The first kappa shape index (κ1) is 26.2. The van der Waals surface area contributed by atoms with Crippen molar-refractivity contribution in [1.29, 1.82) is 0 Å². The summed E-state index contributed by atoms with van der Waals surface area (Å²) in [5.74, 6) is 0. The van der Waals surface area contributed by atoms with Gasteiger partial charge in [0.05, 0.1) is 7.85 Å². The van der Waals surface area contributed by atoms with E-state index in [2.05, 4.69) is 21.7 Å². The van der Waals surface area contributed by atoms with Crippen molar-refractivity contribution in [2.45, 2.75) is 34.5 Å². The average molecular weight is 120 g/mol. The largest absolute Gasteiger partial charge is 0.197 e. The third-order valence-corrected chi connectivity index (χ3v) is 0. The Hall–Kier alpha value is 0.415. The zero-order valence-electron chi connectivity index (χ0n) is 4.78. The van der Waals surface area contributed by atoms with Gasteiger partial charge in [-0.3, -0.25) is 0 Å². The molecular weight excluding hydrogens is 103 g/mol. The fourth-order valence-electron chi connectivity index (χ4n) is 0. The van der Waals surface area contributed by atoms with Crippen LogP contribution in [-0.2, 0) is 0 Å². The van der Waals surface area contributed by atoms with E-state index >= 15 is 0 Å². The van der Waals surface area contributed by atoms with Gasteiger partial charge in [0.25, 0.3) is 0 Å². The lowest BCUT2D eigenvalue weighted by atomic mass is 10.2. The van der Waals surface area contributed by atoms with Crippen LogP contribution >= 0.6 is 13.5 Å². The molecule has 0 fully saturated rings. The maximum Gasteiger partial charge on any atom is 0.0606 e. The van der Waals surface area contributed by atoms with Crippen LogP contribution in [-0.4, -0.2) is 7.85 Å². The lowest BCUT2D eigenvalue weighted by Crippen LogP contribution is -1.27. The number of hydrogen-bond acceptors (Lipinski definition) is 0. The Morgan fingerprint density at radius 3 is 1.14 bits per heavy atom. The molecule has 0 aromatic carbocycles. The molecule has 0 rings (SSSR count). The summed E-state index contributed by atoms with van der Waals surface area (Å²) in [4.78, 5) is 0. The lowest BCUT2D eigenvalue weighted by molar-refractivity contribution is 1.09. The second-order valence-corrected chi connectivity index (χ2v) is 0.707. The van der Waals surface area contributed by atoms with Crippen molar-refractivity contribution < 1.29 is 0 Å². The Morgan fingerprint density at radius 1 is 1.14 bits per heavy atom. The molecule has 0 aromatic heterocycles. The fraction of sp³-hybridized carbons (Fsp3) is 1.00. The highest BCUT2D eigenvalue weighted by molar-refractivity contribution is 7.59. The molecule has 0 saturated carbocycles. The van der Waals surface area contributed by atoms with Gasteiger partial charge in [-0.2, -0.15) is 13.5 Å². The minimum atomic E-state index is 0. The molecule has 0 amide bonds. The van der Waals surface area contributed by atoms with Gasteiger partial charge >= 0.3 is 0 Å². The third-order valence-electron chi connectivity index (χ3n) is 0. The minimum Gasteiger partial charge on any atom is -0.197 e. The van der Waals surface area contributed by atoms with Crippen molar-refractivity contribution in [3.05, 3.63) is 0 Å². The highest BCUT2D eigenvalue weighted by Gasteiger charge is 1.35. The van der Waals surface area contributed by atoms with Gasteiger partial charge in [0.2, 0.25) is 0 Å². The van der Waals surface area contributed by atoms with Crippen molar-refractivity contribution in [2.75, 3.05) is 0 Å². The second kappa shape index (κ2) is 94.0. The molecule has 0 nitrogen and oxygen atoms in total. The molecule has 0 heterocycles. The van der Waals surface area contributed by atoms with E-state index in [-0.39, 0.29) is 20.9 Å². The van der Waals surface area contributed by atoms with Crippen LogP contribution in [0, 0.1) is 0 Å². The minimum absolute atomic E-state index is 0. The number of rotatable bonds is 0. The molecule has 0 unspecified atom stereocenters. The second-order valence-electron chi connectivity index (χ2n) is 0.707. The lowest BCUT2D eigenvalue weighted by Gasteiger charge is -1.48. The quantitative estimate of drug-likeness (QED) is 0.430. The molecule has 0 aliphatic rings. The van der Waals surface area contributed by atoms with Crippen LogP contribution in [0.4, 0.5) is 0 Å². The summed E-state index contributed by atoms with van der Waals surface area (Å²) in [6.07, 6.45) is 1.25. The van der Waals surface area contributed by atoms with Crippen LogP contribution in [0.25, 0.3) is 0 Å². The van der Waals surface area contributed by atoms with Crippen LogP contribution in [0.15, 0.2) is 0 Å². The average Bonchev–Trinajstić information content (AvgIpc) is 1.46. The molecule has 7 heavy (non-hydrogen) atoms. The summed E-state index contributed by atoms with van der Waals surface area (Å²) in [7, 11) is 4.50. The summed E-state index contributed by atoms with van der Waals surface area (Å²) < 4.78 is 0. The Kier molecular flexibility index (Phi) is 351. The predicted molar refractivity (Wildman–Crippen MR) is 44.7 cm³/mol. The summed E-state index contributed by atoms with van der Waals surface area (Å²) >= 11 is 0. The maximum absolute atomic E-state index is 4.50. The molecule has 0 aliphatic heterocycles. The van der Waals surface area contributed by atoms with E-state index in [1.165, 1.54) is 13.2 Å². The first-order valence-electron chi connectivity index (χ1n) is 1.99. The Bertz CT molecular complexity index is 8.04. The SMILES string of the molecule is C.CCC.S.[B]C. The third kappa shape index (κ3) is 726. The Morgan fingerprint density at radius 2 is 1.14 bits per heavy atom. The van der Waals surface area contributed by atoms with Crippen molar-refractivity contribution in [3.8, 4) is 0 Å². The smallest absolute Gasteiger partial charge is 0.0606 e. The van der Waals surface area contributed by atoms with Gasteiger partial charge in [0.15, 0.2) is 0 Å². The van der Waals surface area contributed by atoms with Crippen molar-refractivity contribution in [2.24, 2.45) is 0 Å². The van der Waals surface area contributed by atoms with Crippen LogP contribution in [0.3, 0.4) is 0 Å². The van der Waals surface area contributed by atoms with Gasteiger partial charge in [0.1, 0.15) is 0 Å². The maximum atomic E-state index is 4.50. The topological polar surface area (TPSA) is 0 Å². The first-order valence-corrected chi connectivity index (χ1v) is 1.99. The van der Waals surface area contributed by atoms with E-state index in [9.17, 15) is 0 Å². The zero-order chi connectivity index (χ0) is 4.71. The zero-order valence-corrected chi connectivity index (χ0v) is 5.78. The van der Waals surface area contributed by atoms with Crippen LogP contribution < -0.4 is 0 Å². The van der Waals surface area contributed by atoms with E-state index in [4.69, 9.17) is 0 Å². The molecule has 0 N–H and O–H groups in total. The Labute approximate surface area is 56.6 Å². The number of hydrogen-bond donors (Lipinski definition) is 0. The molecule has 46 valence electrons. The van der Waals surface area contributed by atoms with Gasteiger partial charge in [-0.05, 0) is 0 Å². The van der Waals surface area contributed by atoms with Crippen LogP contribution in [0.2, 0.25) is 6.82 Å². The molecule has 0 spiro atoms. The van der Waals surface area contributed by atoms with Crippen molar-refractivity contribution >= 4 is 21.3 Å². The fourth-order valence-corrected chi connectivity index (χ4v) is 0. The van der Waals surface area contributed by atoms with E-state index < -0.39 is 0 Å². The molecule has 2 heteroatoms. The van der Waals surface area contributed by atoms with Crippen LogP contribution in [0.1, 0.15) is 27.7 Å². The molecule has 2 radical (unpaired) electrons. The first-order chi connectivity index (χ1) is 2.41. The van der Waals surface area contributed by atoms with Gasteiger partial charge in [-0.15, -0.1) is 0 Å². The molecule has 0 saturated heterocycles. The Balaban J connectivity index is -0.0000000105. The standard InChI is InChI=1S/C3H8.CH3B.CH4.H2S/c1-3-2;1-2;;/h3H2,1-2H3;1H3;1H4;1H2. The van der Waals surface area contributed by atoms with Gasteiger partial charge in [-0.25, -0.2) is 0 Å². The van der Waals surface area contributed by atoms with Crippen molar-refractivity contribution in [3.63, 3.8) is 0 Å². The monoisotopic (exact) mass is 120 g/mol. The van der Waals surface area contributed by atoms with E-state index in [1.807, 2.05) is 0 Å². The summed E-state index contributed by atoms with van der Waals surface area (Å²) in [5.41, 5.74) is 0. The van der Waals surface area contributed by atoms with E-state index in [1.54, 1.807) is 0 Å². The van der Waals surface area contributed by atoms with E-state index in [0.29, 0.717) is 0 Å². The normalized spacial score (nSPS) is 3.29. The predicted octanol–water partition coefficient (Wildman–Crippen LogP) is 2.37. The molecule has 0 atom stereocenters. The molecule has 0 bridgehead atoms. The summed E-state index contributed by atoms with van der Waals surface area (Å²) in [5, 5.41) is 0. The van der Waals surface area contributed by atoms with Crippen molar-refractivity contribution in [1.82, 2.24) is 0 Å². The molecule has 0 aromatic rings. The van der Waals surface area contributed by atoms with Gasteiger partial charge in [0, 0.05) is 0 Å². The summed E-state index contributed by atoms with van der Waals surface area (Å²) in [6, 6.07) is 0. The highest BCUT2D eigenvalue weighted by Crippen LogP contribution is 1.56. The summed E-state index contributed by atoms with van der Waals surface area (Å²) in [6.45, 7) is 5.75. The van der Waals surface area contributed by atoms with Gasteiger partial charge in [-0.1, -0.05) is 34.5 Å². The molecule has 0 aliphatic carbocycles. The van der Waals surface area contributed by atoms with E-state index in [0.717, 1.165) is 0 Å².